The minimum atomic E-state index is -0.228. The van der Waals surface area contributed by atoms with Crippen molar-refractivity contribution in [3.63, 3.8) is 0 Å². The molecule has 10 nitrogen and oxygen atoms in total. The Kier molecular flexibility index (Phi) is 42.5. The Morgan fingerprint density at radius 3 is 1.34 bits per heavy atom. The molecule has 0 amide bonds. The molecule has 0 aliphatic rings. The molecular weight excluding hydrogens is 803 g/mol. The van der Waals surface area contributed by atoms with Crippen molar-refractivity contribution in [1.29, 1.82) is 0 Å². The predicted octanol–water partition coefficient (Wildman–Crippen LogP) is 14.0. The topological polar surface area (TPSA) is 109 Å². The number of ether oxygens (including phenoxy) is 4. The fraction of sp³-hybridized carbons (Fsp3) is 0.889. The Morgan fingerprint density at radius 2 is 0.891 bits per heavy atom. The number of hydrogen-bond acceptors (Lipinski definition) is 9. The molecule has 0 spiro atoms. The zero-order valence-electron chi connectivity index (χ0n) is 42.3. The predicted molar refractivity (Wildman–Crippen MR) is 264 cm³/mol. The van der Waals surface area contributed by atoms with E-state index in [2.05, 4.69) is 37.6 Å². The van der Waals surface area contributed by atoms with Gasteiger partial charge in [0.2, 0.25) is 0 Å². The molecule has 2 unspecified atom stereocenters. The van der Waals surface area contributed by atoms with Gasteiger partial charge in [-0.15, -0.1) is 0 Å². The molecule has 1 aromatic rings. The number of carbonyl (C=O) groups is 3. The average Bonchev–Trinajstić information content (AvgIpc) is 3.83. The highest BCUT2D eigenvalue weighted by Crippen LogP contribution is 2.22. The molecule has 0 fully saturated rings. The fourth-order valence-electron chi connectivity index (χ4n) is 8.46. The van der Waals surface area contributed by atoms with Crippen LogP contribution in [0.25, 0.3) is 0 Å². The summed E-state index contributed by atoms with van der Waals surface area (Å²) in [5.74, 6) is -0.0422. The van der Waals surface area contributed by atoms with E-state index in [0.717, 1.165) is 122 Å². The first-order valence-electron chi connectivity index (χ1n) is 27.2. The number of aromatic nitrogens is 2. The van der Waals surface area contributed by atoms with Crippen molar-refractivity contribution >= 4 is 17.9 Å². The molecular formula is C54H101N3O7. The summed E-state index contributed by atoms with van der Waals surface area (Å²) in [5.41, 5.74) is 0. The van der Waals surface area contributed by atoms with Crippen LogP contribution in [0.1, 0.15) is 240 Å². The summed E-state index contributed by atoms with van der Waals surface area (Å²) in [6.45, 7) is 14.7. The lowest BCUT2D eigenvalue weighted by Crippen LogP contribution is -2.30. The highest BCUT2D eigenvalue weighted by Gasteiger charge is 2.20. The Hall–Kier alpha value is -2.46. The van der Waals surface area contributed by atoms with Crippen LogP contribution < -0.4 is 0 Å². The SMILES string of the molecule is CCCCCCCCC(CCCCCC)C(=O)OCCCCCCN(CCCCCCOC(=O)C(CCCCCC)CCCCCCCC)CCOCCOC(=O)CCn1ccnc1. The van der Waals surface area contributed by atoms with Crippen LogP contribution in [0.5, 0.6) is 0 Å². The first-order chi connectivity index (χ1) is 31.4. The van der Waals surface area contributed by atoms with E-state index in [-0.39, 0.29) is 36.4 Å². The molecule has 1 rings (SSSR count). The first kappa shape index (κ1) is 59.6. The number of esters is 3. The number of rotatable bonds is 49. The first-order valence-corrected chi connectivity index (χ1v) is 27.2. The van der Waals surface area contributed by atoms with Crippen molar-refractivity contribution in [2.24, 2.45) is 11.8 Å². The second-order valence-corrected chi connectivity index (χ2v) is 18.6. The van der Waals surface area contributed by atoms with E-state index in [1.807, 2.05) is 10.8 Å². The van der Waals surface area contributed by atoms with Gasteiger partial charge in [-0.25, -0.2) is 4.98 Å². The molecule has 374 valence electrons. The summed E-state index contributed by atoms with van der Waals surface area (Å²) in [6.07, 6.45) is 42.4. The third-order valence-corrected chi connectivity index (χ3v) is 12.7. The molecule has 0 aliphatic heterocycles. The fourth-order valence-corrected chi connectivity index (χ4v) is 8.46. The van der Waals surface area contributed by atoms with Crippen molar-refractivity contribution in [3.8, 4) is 0 Å². The van der Waals surface area contributed by atoms with Gasteiger partial charge in [-0.1, -0.05) is 182 Å². The minimum Gasteiger partial charge on any atom is -0.465 e. The molecule has 0 N–H and O–H groups in total. The Labute approximate surface area is 393 Å². The number of carbonyl (C=O) groups excluding carboxylic acids is 3. The maximum Gasteiger partial charge on any atom is 0.308 e. The molecule has 2 atom stereocenters. The van der Waals surface area contributed by atoms with Gasteiger partial charge in [0.25, 0.3) is 0 Å². The molecule has 0 radical (unpaired) electrons. The lowest BCUT2D eigenvalue weighted by Gasteiger charge is -2.22. The number of hydrogen-bond donors (Lipinski definition) is 0. The number of unbranched alkanes of at least 4 members (excludes halogenated alkanes) is 22. The van der Waals surface area contributed by atoms with E-state index < -0.39 is 0 Å². The Bertz CT molecular complexity index is 1110. The van der Waals surface area contributed by atoms with Gasteiger partial charge in [-0.2, -0.15) is 0 Å². The van der Waals surface area contributed by atoms with Crippen LogP contribution in [0.2, 0.25) is 0 Å². The molecule has 0 saturated carbocycles. The molecule has 1 heterocycles. The van der Waals surface area contributed by atoms with E-state index >= 15 is 0 Å². The second-order valence-electron chi connectivity index (χ2n) is 18.6. The Morgan fingerprint density at radius 1 is 0.469 bits per heavy atom. The molecule has 0 aromatic carbocycles. The van der Waals surface area contributed by atoms with Crippen molar-refractivity contribution in [2.45, 2.75) is 246 Å². The van der Waals surface area contributed by atoms with E-state index in [4.69, 9.17) is 18.9 Å². The third kappa shape index (κ3) is 36.7. The molecule has 0 bridgehead atoms. The second kappa shape index (κ2) is 45.7. The van der Waals surface area contributed by atoms with Gasteiger partial charge in [-0.05, 0) is 64.5 Å². The lowest BCUT2D eigenvalue weighted by atomic mass is 9.94. The summed E-state index contributed by atoms with van der Waals surface area (Å²) < 4.78 is 24.9. The van der Waals surface area contributed by atoms with Crippen molar-refractivity contribution in [2.75, 3.05) is 52.7 Å². The van der Waals surface area contributed by atoms with Crippen LogP contribution in [0.4, 0.5) is 0 Å². The Balaban J connectivity index is 2.47. The van der Waals surface area contributed by atoms with Crippen molar-refractivity contribution in [3.05, 3.63) is 18.7 Å². The van der Waals surface area contributed by atoms with Gasteiger partial charge >= 0.3 is 17.9 Å². The van der Waals surface area contributed by atoms with Crippen LogP contribution in [-0.4, -0.2) is 85.0 Å². The number of aryl methyl sites for hydroxylation is 1. The molecule has 1 aromatic heterocycles. The summed E-state index contributed by atoms with van der Waals surface area (Å²) in [4.78, 5) is 44.8. The van der Waals surface area contributed by atoms with Crippen molar-refractivity contribution < 1.29 is 33.3 Å². The zero-order valence-corrected chi connectivity index (χ0v) is 42.3. The standard InChI is InChI=1S/C54H101N3O7/c1-5-9-13-17-19-27-35-50(33-25-15-11-7-3)53(59)63-44-31-23-21-29-39-56(43-46-61-47-48-62-52(58)37-41-57-42-38-55-49-57)40-30-22-24-32-45-64-54(60)51(34-26-16-12-8-4)36-28-20-18-14-10-6-2/h38,42,49-51H,5-37,39-41,43-48H2,1-4H3. The van der Waals surface area contributed by atoms with Gasteiger partial charge in [-0.3, -0.25) is 14.4 Å². The molecule has 0 aliphatic carbocycles. The maximum absolute atomic E-state index is 13.1. The molecule has 0 saturated heterocycles. The van der Waals surface area contributed by atoms with Gasteiger partial charge in [0.15, 0.2) is 0 Å². The zero-order chi connectivity index (χ0) is 46.4. The van der Waals surface area contributed by atoms with Gasteiger partial charge in [0.05, 0.1) is 51.0 Å². The number of nitrogens with zero attached hydrogens (tertiary/aromatic N) is 3. The quantitative estimate of drug-likeness (QED) is 0.0359. The summed E-state index contributed by atoms with van der Waals surface area (Å²) in [7, 11) is 0. The highest BCUT2D eigenvalue weighted by molar-refractivity contribution is 5.72. The van der Waals surface area contributed by atoms with Gasteiger partial charge in [0, 0.05) is 25.5 Å². The molecule has 10 heteroatoms. The summed E-state index contributed by atoms with van der Waals surface area (Å²) in [5, 5.41) is 0. The van der Waals surface area contributed by atoms with E-state index in [1.54, 1.807) is 12.5 Å². The van der Waals surface area contributed by atoms with Crippen LogP contribution >= 0.6 is 0 Å². The molecule has 64 heavy (non-hydrogen) atoms. The maximum atomic E-state index is 13.1. The largest absolute Gasteiger partial charge is 0.465 e. The van der Waals surface area contributed by atoms with Crippen LogP contribution in [0.15, 0.2) is 18.7 Å². The lowest BCUT2D eigenvalue weighted by molar-refractivity contribution is -0.150. The van der Waals surface area contributed by atoms with Gasteiger partial charge in [0.1, 0.15) is 6.61 Å². The van der Waals surface area contributed by atoms with E-state index in [0.29, 0.717) is 39.4 Å². The van der Waals surface area contributed by atoms with E-state index in [1.165, 1.54) is 103 Å². The highest BCUT2D eigenvalue weighted by atomic mass is 16.6. The van der Waals surface area contributed by atoms with Crippen LogP contribution in [0.3, 0.4) is 0 Å². The van der Waals surface area contributed by atoms with Crippen LogP contribution in [0, 0.1) is 11.8 Å². The summed E-state index contributed by atoms with van der Waals surface area (Å²) in [6, 6.07) is 0. The smallest absolute Gasteiger partial charge is 0.308 e. The summed E-state index contributed by atoms with van der Waals surface area (Å²) >= 11 is 0. The van der Waals surface area contributed by atoms with E-state index in [9.17, 15) is 14.4 Å². The third-order valence-electron chi connectivity index (χ3n) is 12.7. The normalized spacial score (nSPS) is 12.5. The number of imidazole rings is 1. The van der Waals surface area contributed by atoms with Crippen molar-refractivity contribution in [1.82, 2.24) is 14.5 Å². The van der Waals surface area contributed by atoms with Crippen LogP contribution in [-0.2, 0) is 39.9 Å². The average molecular weight is 904 g/mol. The minimum absolute atomic E-state index is 0.0316. The van der Waals surface area contributed by atoms with Gasteiger partial charge < -0.3 is 28.4 Å². The monoisotopic (exact) mass is 904 g/mol.